The number of hydrogen-bond donors (Lipinski definition) is 2. The molecule has 5 heteroatoms. The fourth-order valence-electron chi connectivity index (χ4n) is 1.84. The lowest BCUT2D eigenvalue weighted by atomic mass is 10.0. The first kappa shape index (κ1) is 15.0. The first-order valence-corrected chi connectivity index (χ1v) is 7.47. The van der Waals surface area contributed by atoms with Crippen LogP contribution < -0.4 is 5.32 Å². The minimum absolute atomic E-state index is 0.136. The van der Waals surface area contributed by atoms with Crippen molar-refractivity contribution in [2.45, 2.75) is 19.4 Å². The van der Waals surface area contributed by atoms with E-state index in [9.17, 15) is 9.90 Å². The normalized spacial score (nSPS) is 13.8. The Labute approximate surface area is 127 Å². The minimum Gasteiger partial charge on any atom is -0.383 e. The Kier molecular flexibility index (Phi) is 4.48. The first-order chi connectivity index (χ1) is 9.42. The Balaban J connectivity index is 2.08. The molecule has 1 aromatic heterocycles. The highest BCUT2D eigenvalue weighted by Crippen LogP contribution is 2.25. The first-order valence-electron chi connectivity index (χ1n) is 6.21. The summed E-state index contributed by atoms with van der Waals surface area (Å²) in [6.07, 6.45) is 0. The lowest BCUT2D eigenvalue weighted by Crippen LogP contribution is -2.38. The van der Waals surface area contributed by atoms with Crippen LogP contribution in [-0.2, 0) is 5.60 Å². The monoisotopic (exact) mass is 309 g/mol. The third kappa shape index (κ3) is 3.20. The van der Waals surface area contributed by atoms with Crippen LogP contribution in [-0.4, -0.2) is 17.6 Å². The molecule has 1 atom stereocenters. The highest BCUT2D eigenvalue weighted by molar-refractivity contribution is 7.10. The van der Waals surface area contributed by atoms with Crippen LogP contribution in [0.1, 0.15) is 27.7 Å². The third-order valence-electron chi connectivity index (χ3n) is 3.08. The van der Waals surface area contributed by atoms with Crippen molar-refractivity contribution in [2.24, 2.45) is 0 Å². The predicted molar refractivity (Wildman–Crippen MR) is 82.4 cm³/mol. The van der Waals surface area contributed by atoms with Crippen molar-refractivity contribution in [3.8, 4) is 0 Å². The summed E-state index contributed by atoms with van der Waals surface area (Å²) in [5.74, 6) is -0.282. The highest BCUT2D eigenvalue weighted by atomic mass is 35.5. The van der Waals surface area contributed by atoms with Gasteiger partial charge in [-0.05, 0) is 36.9 Å². The van der Waals surface area contributed by atoms with Crippen LogP contribution in [0.2, 0.25) is 5.02 Å². The molecule has 0 aliphatic rings. The van der Waals surface area contributed by atoms with Crippen molar-refractivity contribution in [3.05, 3.63) is 56.7 Å². The molecule has 2 aromatic rings. The fraction of sp³-hybridized carbons (Fsp3) is 0.267. The molecule has 0 bridgehead atoms. The second-order valence-corrected chi connectivity index (χ2v) is 6.20. The molecule has 3 nitrogen and oxygen atoms in total. The lowest BCUT2D eigenvalue weighted by Gasteiger charge is -2.22. The molecule has 1 heterocycles. The zero-order valence-corrected chi connectivity index (χ0v) is 12.9. The molecule has 0 radical (unpaired) electrons. The van der Waals surface area contributed by atoms with E-state index in [1.807, 2.05) is 30.5 Å². The van der Waals surface area contributed by atoms with Gasteiger partial charge in [-0.15, -0.1) is 11.3 Å². The number of nitrogens with one attached hydrogen (secondary N) is 1. The van der Waals surface area contributed by atoms with E-state index in [0.717, 1.165) is 10.4 Å². The second-order valence-electron chi connectivity index (χ2n) is 4.87. The molecule has 2 rings (SSSR count). The van der Waals surface area contributed by atoms with E-state index in [0.29, 0.717) is 10.6 Å². The largest absolute Gasteiger partial charge is 0.383 e. The highest BCUT2D eigenvalue weighted by Gasteiger charge is 2.25. The van der Waals surface area contributed by atoms with E-state index >= 15 is 0 Å². The number of hydrogen-bond acceptors (Lipinski definition) is 3. The van der Waals surface area contributed by atoms with Crippen LogP contribution in [0.5, 0.6) is 0 Å². The van der Waals surface area contributed by atoms with Gasteiger partial charge < -0.3 is 10.4 Å². The van der Waals surface area contributed by atoms with Gasteiger partial charge in [0, 0.05) is 4.88 Å². The van der Waals surface area contributed by atoms with E-state index in [2.05, 4.69) is 5.32 Å². The molecule has 20 heavy (non-hydrogen) atoms. The maximum absolute atomic E-state index is 12.1. The van der Waals surface area contributed by atoms with E-state index < -0.39 is 5.60 Å². The Morgan fingerprint density at radius 2 is 2.15 bits per heavy atom. The summed E-state index contributed by atoms with van der Waals surface area (Å²) >= 11 is 7.57. The van der Waals surface area contributed by atoms with E-state index in [-0.39, 0.29) is 12.5 Å². The Morgan fingerprint density at radius 3 is 2.80 bits per heavy atom. The number of aliphatic hydroxyl groups is 1. The van der Waals surface area contributed by atoms with Crippen LogP contribution in [0.3, 0.4) is 0 Å². The standard InChI is InChI=1S/C15H16ClNO2S/c1-10-5-3-6-11(13(10)16)14(18)17-9-15(2,19)12-7-4-8-20-12/h3-8,19H,9H2,1-2H3,(H,17,18). The zero-order chi connectivity index (χ0) is 14.8. The summed E-state index contributed by atoms with van der Waals surface area (Å²) < 4.78 is 0. The van der Waals surface area contributed by atoms with Gasteiger partial charge in [-0.25, -0.2) is 0 Å². The van der Waals surface area contributed by atoms with Gasteiger partial charge >= 0.3 is 0 Å². The number of carbonyl (C=O) groups excluding carboxylic acids is 1. The summed E-state index contributed by atoms with van der Waals surface area (Å²) in [5, 5.41) is 15.4. The van der Waals surface area contributed by atoms with Gasteiger partial charge in [0.25, 0.3) is 5.91 Å². The van der Waals surface area contributed by atoms with Gasteiger partial charge in [-0.2, -0.15) is 0 Å². The summed E-state index contributed by atoms with van der Waals surface area (Å²) in [5.41, 5.74) is 0.193. The topological polar surface area (TPSA) is 49.3 Å². The molecule has 0 fully saturated rings. The van der Waals surface area contributed by atoms with Gasteiger partial charge in [0.05, 0.1) is 17.1 Å². The average Bonchev–Trinajstić information content (AvgIpc) is 2.94. The maximum atomic E-state index is 12.1. The summed E-state index contributed by atoms with van der Waals surface area (Å²) in [4.78, 5) is 12.9. The van der Waals surface area contributed by atoms with Crippen LogP contribution in [0, 0.1) is 6.92 Å². The Hall–Kier alpha value is -1.36. The van der Waals surface area contributed by atoms with Crippen molar-refractivity contribution in [2.75, 3.05) is 6.54 Å². The number of carbonyl (C=O) groups is 1. The molecule has 106 valence electrons. The Bertz CT molecular complexity index is 608. The molecule has 0 saturated carbocycles. The Morgan fingerprint density at radius 1 is 1.40 bits per heavy atom. The SMILES string of the molecule is Cc1cccc(C(=O)NCC(C)(O)c2cccs2)c1Cl. The summed E-state index contributed by atoms with van der Waals surface area (Å²) in [6.45, 7) is 3.66. The summed E-state index contributed by atoms with van der Waals surface area (Å²) in [7, 11) is 0. The van der Waals surface area contributed by atoms with E-state index in [1.165, 1.54) is 11.3 Å². The van der Waals surface area contributed by atoms with Crippen LogP contribution in [0.15, 0.2) is 35.7 Å². The fourth-order valence-corrected chi connectivity index (χ4v) is 2.84. The lowest BCUT2D eigenvalue weighted by molar-refractivity contribution is 0.0557. The number of rotatable bonds is 4. The maximum Gasteiger partial charge on any atom is 0.252 e. The minimum atomic E-state index is -1.08. The van der Waals surface area contributed by atoms with Crippen LogP contribution in [0.4, 0.5) is 0 Å². The van der Waals surface area contributed by atoms with Crippen molar-refractivity contribution < 1.29 is 9.90 Å². The molecule has 0 aliphatic heterocycles. The molecule has 1 amide bonds. The molecular weight excluding hydrogens is 294 g/mol. The summed E-state index contributed by atoms with van der Waals surface area (Å²) in [6, 6.07) is 9.02. The number of halogens is 1. The number of benzene rings is 1. The van der Waals surface area contributed by atoms with Gasteiger partial charge in [-0.1, -0.05) is 29.8 Å². The van der Waals surface area contributed by atoms with Crippen LogP contribution in [0.25, 0.3) is 0 Å². The van der Waals surface area contributed by atoms with E-state index in [1.54, 1.807) is 19.1 Å². The number of aryl methyl sites for hydroxylation is 1. The van der Waals surface area contributed by atoms with Gasteiger partial charge in [0.2, 0.25) is 0 Å². The van der Waals surface area contributed by atoms with Crippen molar-refractivity contribution in [1.82, 2.24) is 5.32 Å². The molecule has 2 N–H and O–H groups in total. The second kappa shape index (κ2) is 5.95. The number of thiophene rings is 1. The third-order valence-corrected chi connectivity index (χ3v) is 4.71. The van der Waals surface area contributed by atoms with Crippen molar-refractivity contribution in [1.29, 1.82) is 0 Å². The van der Waals surface area contributed by atoms with Gasteiger partial charge in [0.15, 0.2) is 0 Å². The predicted octanol–water partition coefficient (Wildman–Crippen LogP) is 3.35. The molecule has 0 aliphatic carbocycles. The quantitative estimate of drug-likeness (QED) is 0.910. The molecule has 1 unspecified atom stereocenters. The van der Waals surface area contributed by atoms with Crippen molar-refractivity contribution >= 4 is 28.8 Å². The van der Waals surface area contributed by atoms with E-state index in [4.69, 9.17) is 11.6 Å². The molecule has 0 spiro atoms. The smallest absolute Gasteiger partial charge is 0.252 e. The average molecular weight is 310 g/mol. The molecule has 1 aromatic carbocycles. The zero-order valence-electron chi connectivity index (χ0n) is 11.3. The van der Waals surface area contributed by atoms with Crippen molar-refractivity contribution in [3.63, 3.8) is 0 Å². The molecule has 0 saturated heterocycles. The van der Waals surface area contributed by atoms with Crippen LogP contribution >= 0.6 is 22.9 Å². The molecular formula is C15H16ClNO2S. The van der Waals surface area contributed by atoms with Gasteiger partial charge in [-0.3, -0.25) is 4.79 Å². The van der Waals surface area contributed by atoms with Gasteiger partial charge in [0.1, 0.15) is 5.60 Å². The number of amides is 1.